The molecule has 0 aliphatic rings. The summed E-state index contributed by atoms with van der Waals surface area (Å²) in [6.45, 7) is 1.60. The first kappa shape index (κ1) is 8.26. The summed E-state index contributed by atoms with van der Waals surface area (Å²) in [4.78, 5) is 3.99. The van der Waals surface area contributed by atoms with E-state index < -0.39 is 12.4 Å². The Morgan fingerprint density at radius 2 is 2.22 bits per heavy atom. The molecule has 2 nitrogen and oxygen atoms in total. The van der Waals surface area contributed by atoms with E-state index in [1.54, 1.807) is 0 Å². The Balaban J connectivity index is 3.55. The summed E-state index contributed by atoms with van der Waals surface area (Å²) in [7, 11) is 0. The average molecular weight is 141 g/mol. The normalized spacial score (nSPS) is 12.3. The van der Waals surface area contributed by atoms with E-state index in [0.29, 0.717) is 0 Å². The third kappa shape index (κ3) is 3.81. The van der Waals surface area contributed by atoms with E-state index in [1.807, 2.05) is 0 Å². The molecule has 0 saturated heterocycles. The lowest BCUT2D eigenvalue weighted by Crippen LogP contribution is -2.03. The second-order valence-electron chi connectivity index (χ2n) is 1.13. The zero-order chi connectivity index (χ0) is 7.28. The van der Waals surface area contributed by atoms with Crippen molar-refractivity contribution < 1.29 is 18.0 Å². The molecule has 0 spiro atoms. The van der Waals surface area contributed by atoms with Gasteiger partial charge in [-0.05, 0) is 6.92 Å². The maximum absolute atomic E-state index is 11.6. The van der Waals surface area contributed by atoms with Crippen molar-refractivity contribution in [1.82, 2.24) is 0 Å². The van der Waals surface area contributed by atoms with Gasteiger partial charge < -0.3 is 4.84 Å². The zero-order valence-electron chi connectivity index (χ0n) is 4.77. The molecule has 0 amide bonds. The molecule has 9 heavy (non-hydrogen) atoms. The van der Waals surface area contributed by atoms with Crippen LogP contribution in [0.5, 0.6) is 0 Å². The molecule has 0 aromatic heterocycles. The van der Waals surface area contributed by atoms with Crippen LogP contribution in [-0.2, 0) is 4.84 Å². The van der Waals surface area contributed by atoms with Crippen molar-refractivity contribution in [1.29, 1.82) is 0 Å². The second kappa shape index (κ2) is 4.17. The molecule has 0 N–H and O–H groups in total. The van der Waals surface area contributed by atoms with E-state index in [-0.39, 0.29) is 6.61 Å². The summed E-state index contributed by atoms with van der Waals surface area (Å²) in [5, 5.41) is 2.44. The first-order chi connectivity index (χ1) is 4.18. The van der Waals surface area contributed by atoms with Crippen LogP contribution in [0.4, 0.5) is 13.2 Å². The van der Waals surface area contributed by atoms with Crippen LogP contribution in [0.15, 0.2) is 5.16 Å². The first-order valence-corrected chi connectivity index (χ1v) is 2.32. The van der Waals surface area contributed by atoms with Gasteiger partial charge in [0.2, 0.25) is 0 Å². The minimum absolute atomic E-state index is 0.0835. The van der Waals surface area contributed by atoms with Gasteiger partial charge in [0.1, 0.15) is 6.61 Å². The lowest BCUT2D eigenvalue weighted by atomic mass is 10.7. The van der Waals surface area contributed by atoms with Gasteiger partial charge in [0.25, 0.3) is 5.97 Å². The lowest BCUT2D eigenvalue weighted by Gasteiger charge is -1.92. The standard InChI is InChI=1S/C4H6F3NO/c1-2-9-8-4(7)3(5)6/h3H,2H2,1H3/b8-4-. The minimum Gasteiger partial charge on any atom is -0.394 e. The molecule has 0 fully saturated rings. The van der Waals surface area contributed by atoms with Gasteiger partial charge in [-0.3, -0.25) is 0 Å². The molecule has 0 unspecified atom stereocenters. The molecule has 0 aliphatic heterocycles. The van der Waals surface area contributed by atoms with Crippen molar-refractivity contribution >= 4 is 5.97 Å². The number of hydrogen-bond donors (Lipinski definition) is 0. The van der Waals surface area contributed by atoms with E-state index in [2.05, 4.69) is 9.99 Å². The maximum atomic E-state index is 11.6. The first-order valence-electron chi connectivity index (χ1n) is 2.32. The van der Waals surface area contributed by atoms with Crippen molar-refractivity contribution in [3.05, 3.63) is 0 Å². The molecule has 0 aromatic carbocycles. The summed E-state index contributed by atoms with van der Waals surface area (Å²) < 4.78 is 33.9. The number of rotatable bonds is 3. The highest BCUT2D eigenvalue weighted by Gasteiger charge is 2.11. The third-order valence-corrected chi connectivity index (χ3v) is 0.461. The Labute approximate surface area is 50.3 Å². The molecule has 0 atom stereocenters. The molecular formula is C4H6F3NO. The molecule has 5 heteroatoms. The summed E-state index contributed by atoms with van der Waals surface area (Å²) in [5.41, 5.74) is 0. The van der Waals surface area contributed by atoms with Gasteiger partial charge in [-0.15, -0.1) is 0 Å². The Morgan fingerprint density at radius 1 is 1.67 bits per heavy atom. The molecule has 0 saturated carbocycles. The molecule has 0 radical (unpaired) electrons. The molecule has 0 aliphatic carbocycles. The van der Waals surface area contributed by atoms with Crippen LogP contribution in [-0.4, -0.2) is 19.0 Å². The van der Waals surface area contributed by atoms with Crippen LogP contribution in [0.25, 0.3) is 0 Å². The fourth-order valence-electron chi connectivity index (χ4n) is 0.166. The van der Waals surface area contributed by atoms with E-state index in [0.717, 1.165) is 0 Å². The Morgan fingerprint density at radius 3 is 2.56 bits per heavy atom. The fraction of sp³-hybridized carbons (Fsp3) is 0.750. The summed E-state index contributed by atoms with van der Waals surface area (Å²) in [6.07, 6.45) is -3.17. The molecule has 0 aromatic rings. The predicted molar refractivity (Wildman–Crippen MR) is 26.2 cm³/mol. The number of hydrogen-bond acceptors (Lipinski definition) is 2. The summed E-state index contributed by atoms with van der Waals surface area (Å²) >= 11 is 0. The average Bonchev–Trinajstić information content (AvgIpc) is 1.82. The minimum atomic E-state index is -3.17. The maximum Gasteiger partial charge on any atom is 0.310 e. The number of halogens is 3. The predicted octanol–water partition coefficient (Wildman–Crippen LogP) is 1.57. The van der Waals surface area contributed by atoms with Gasteiger partial charge in [-0.1, -0.05) is 5.16 Å². The lowest BCUT2D eigenvalue weighted by molar-refractivity contribution is 0.138. The molecular weight excluding hydrogens is 135 g/mol. The highest BCUT2D eigenvalue weighted by Crippen LogP contribution is 1.97. The number of alkyl halides is 2. The number of nitrogens with zero attached hydrogens (tertiary/aromatic N) is 1. The molecule has 0 rings (SSSR count). The van der Waals surface area contributed by atoms with Crippen molar-refractivity contribution in [3.8, 4) is 0 Å². The van der Waals surface area contributed by atoms with Gasteiger partial charge in [-0.2, -0.15) is 4.39 Å². The van der Waals surface area contributed by atoms with Gasteiger partial charge >= 0.3 is 6.43 Å². The highest BCUT2D eigenvalue weighted by molar-refractivity contribution is 5.77. The largest absolute Gasteiger partial charge is 0.394 e. The third-order valence-electron chi connectivity index (χ3n) is 0.461. The Kier molecular flexibility index (Phi) is 3.83. The van der Waals surface area contributed by atoms with E-state index in [9.17, 15) is 13.2 Å². The fourth-order valence-corrected chi connectivity index (χ4v) is 0.166. The van der Waals surface area contributed by atoms with Crippen LogP contribution in [0.1, 0.15) is 6.92 Å². The van der Waals surface area contributed by atoms with Crippen molar-refractivity contribution in [2.24, 2.45) is 5.16 Å². The van der Waals surface area contributed by atoms with E-state index in [4.69, 9.17) is 0 Å². The van der Waals surface area contributed by atoms with Gasteiger partial charge in [0.15, 0.2) is 0 Å². The monoisotopic (exact) mass is 141 g/mol. The van der Waals surface area contributed by atoms with E-state index >= 15 is 0 Å². The Hall–Kier alpha value is -0.740. The zero-order valence-corrected chi connectivity index (χ0v) is 4.77. The van der Waals surface area contributed by atoms with Gasteiger partial charge in [0, 0.05) is 0 Å². The molecule has 54 valence electrons. The summed E-state index contributed by atoms with van der Waals surface area (Å²) in [6, 6.07) is 0. The van der Waals surface area contributed by atoms with Crippen LogP contribution in [0.3, 0.4) is 0 Å². The van der Waals surface area contributed by atoms with Crippen LogP contribution >= 0.6 is 0 Å². The van der Waals surface area contributed by atoms with Crippen LogP contribution in [0, 0.1) is 0 Å². The van der Waals surface area contributed by atoms with Crippen molar-refractivity contribution in [2.75, 3.05) is 6.61 Å². The summed E-state index contributed by atoms with van der Waals surface area (Å²) in [5.74, 6) is -1.78. The quantitative estimate of drug-likeness (QED) is 0.431. The van der Waals surface area contributed by atoms with Crippen LogP contribution in [0.2, 0.25) is 0 Å². The van der Waals surface area contributed by atoms with Gasteiger partial charge in [0.05, 0.1) is 0 Å². The molecule has 0 heterocycles. The highest BCUT2D eigenvalue weighted by atomic mass is 19.3. The SMILES string of the molecule is CCO/N=C(\F)C(F)F. The smallest absolute Gasteiger partial charge is 0.310 e. The van der Waals surface area contributed by atoms with Crippen LogP contribution < -0.4 is 0 Å². The van der Waals surface area contributed by atoms with Gasteiger partial charge in [-0.25, -0.2) is 8.78 Å². The Bertz CT molecular complexity index is 104. The van der Waals surface area contributed by atoms with Crippen molar-refractivity contribution in [2.45, 2.75) is 13.3 Å². The second-order valence-corrected chi connectivity index (χ2v) is 1.13. The van der Waals surface area contributed by atoms with Crippen molar-refractivity contribution in [3.63, 3.8) is 0 Å². The topological polar surface area (TPSA) is 21.6 Å². The van der Waals surface area contributed by atoms with E-state index in [1.165, 1.54) is 6.92 Å². The number of oxime groups is 1. The molecule has 0 bridgehead atoms.